The van der Waals surface area contributed by atoms with E-state index >= 15 is 0 Å². The minimum Gasteiger partial charge on any atom is -0.484 e. The first kappa shape index (κ1) is 13.4. The minimum absolute atomic E-state index is 0.0151. The summed E-state index contributed by atoms with van der Waals surface area (Å²) in [7, 11) is 0. The van der Waals surface area contributed by atoms with Crippen LogP contribution in [-0.4, -0.2) is 42.6 Å². The number of hydrogen-bond donors (Lipinski definition) is 1. The molecule has 2 aliphatic rings. The average Bonchev–Trinajstić information content (AvgIpc) is 3.32. The van der Waals surface area contributed by atoms with Crippen molar-refractivity contribution < 1.29 is 9.53 Å². The van der Waals surface area contributed by atoms with Crippen LogP contribution < -0.4 is 10.1 Å². The Morgan fingerprint density at radius 2 is 1.85 bits per heavy atom. The summed E-state index contributed by atoms with van der Waals surface area (Å²) in [5, 5.41) is 3.08. The third kappa shape index (κ3) is 3.73. The number of para-hydroxylation sites is 1. The van der Waals surface area contributed by atoms with Gasteiger partial charge in [0.05, 0.1) is 0 Å². The number of ether oxygens (including phenoxy) is 1. The molecule has 1 N–H and O–H groups in total. The van der Waals surface area contributed by atoms with Crippen molar-refractivity contribution in [3.8, 4) is 5.75 Å². The molecule has 1 aromatic carbocycles. The van der Waals surface area contributed by atoms with Crippen LogP contribution in [0.25, 0.3) is 0 Å². The Balaban J connectivity index is 1.36. The van der Waals surface area contributed by atoms with E-state index in [1.54, 1.807) is 0 Å². The summed E-state index contributed by atoms with van der Waals surface area (Å²) in [6.45, 7) is 2.34. The van der Waals surface area contributed by atoms with E-state index in [4.69, 9.17) is 4.74 Å². The van der Waals surface area contributed by atoms with Crippen molar-refractivity contribution in [2.24, 2.45) is 0 Å². The van der Waals surface area contributed by atoms with Gasteiger partial charge < -0.3 is 15.0 Å². The van der Waals surface area contributed by atoms with Crippen LogP contribution in [0.1, 0.15) is 25.7 Å². The summed E-state index contributed by atoms with van der Waals surface area (Å²) in [5.41, 5.74) is 0. The van der Waals surface area contributed by atoms with E-state index in [9.17, 15) is 4.79 Å². The number of likely N-dealkylation sites (tertiary alicyclic amines) is 1. The molecule has 1 saturated carbocycles. The second kappa shape index (κ2) is 6.27. The van der Waals surface area contributed by atoms with Gasteiger partial charge in [0, 0.05) is 25.2 Å². The number of carbonyl (C=O) groups excluding carboxylic acids is 1. The molecule has 0 bridgehead atoms. The maximum Gasteiger partial charge on any atom is 0.258 e. The van der Waals surface area contributed by atoms with Gasteiger partial charge in [0.15, 0.2) is 6.61 Å². The highest BCUT2D eigenvalue weighted by atomic mass is 16.5. The lowest BCUT2D eigenvalue weighted by Gasteiger charge is -2.32. The number of hydrogen-bond acceptors (Lipinski definition) is 3. The number of nitrogens with one attached hydrogen (secondary N) is 1. The number of carbonyl (C=O) groups is 1. The Morgan fingerprint density at radius 3 is 2.50 bits per heavy atom. The van der Waals surface area contributed by atoms with E-state index in [1.807, 2.05) is 30.3 Å². The van der Waals surface area contributed by atoms with Gasteiger partial charge in [-0.1, -0.05) is 18.2 Å². The lowest BCUT2D eigenvalue weighted by Crippen LogP contribution is -2.46. The first-order valence-corrected chi connectivity index (χ1v) is 7.52. The van der Waals surface area contributed by atoms with Crippen LogP contribution in [0.15, 0.2) is 30.3 Å². The highest BCUT2D eigenvalue weighted by Gasteiger charge is 2.32. The van der Waals surface area contributed by atoms with E-state index in [0.717, 1.165) is 37.7 Å². The van der Waals surface area contributed by atoms with Crippen molar-refractivity contribution in [1.82, 2.24) is 10.2 Å². The Bertz CT molecular complexity index is 437. The summed E-state index contributed by atoms with van der Waals surface area (Å²) < 4.78 is 5.46. The predicted octanol–water partition coefficient (Wildman–Crippen LogP) is 1.81. The van der Waals surface area contributed by atoms with Crippen LogP contribution in [0.3, 0.4) is 0 Å². The maximum absolute atomic E-state index is 11.9. The smallest absolute Gasteiger partial charge is 0.258 e. The van der Waals surface area contributed by atoms with E-state index in [0.29, 0.717) is 6.04 Å². The standard InChI is InChI=1S/C16H22N2O2/c19-16(12-20-15-4-2-1-3-5-15)17-13-8-10-18(11-9-13)14-6-7-14/h1-5,13-14H,6-12H2,(H,17,19). The summed E-state index contributed by atoms with van der Waals surface area (Å²) in [4.78, 5) is 14.4. The SMILES string of the molecule is O=C(COc1ccccc1)NC1CCN(C2CC2)CC1. The minimum atomic E-state index is -0.0151. The Hall–Kier alpha value is -1.55. The lowest BCUT2D eigenvalue weighted by atomic mass is 10.0. The van der Waals surface area contributed by atoms with Crippen LogP contribution in [0.2, 0.25) is 0 Å². The largest absolute Gasteiger partial charge is 0.484 e. The molecule has 4 heteroatoms. The normalized spacial score (nSPS) is 20.6. The van der Waals surface area contributed by atoms with Crippen LogP contribution >= 0.6 is 0 Å². The zero-order chi connectivity index (χ0) is 13.8. The van der Waals surface area contributed by atoms with Crippen LogP contribution in [-0.2, 0) is 4.79 Å². The molecule has 0 unspecified atom stereocenters. The van der Waals surface area contributed by atoms with E-state index in [-0.39, 0.29) is 12.5 Å². The number of piperidine rings is 1. The first-order valence-electron chi connectivity index (χ1n) is 7.52. The highest BCUT2D eigenvalue weighted by Crippen LogP contribution is 2.29. The molecule has 1 aromatic rings. The molecule has 3 rings (SSSR count). The molecule has 4 nitrogen and oxygen atoms in total. The number of rotatable bonds is 5. The summed E-state index contributed by atoms with van der Waals surface area (Å²) >= 11 is 0. The number of nitrogens with zero attached hydrogens (tertiary/aromatic N) is 1. The highest BCUT2D eigenvalue weighted by molar-refractivity contribution is 5.77. The molecular weight excluding hydrogens is 252 g/mol. The third-order valence-electron chi connectivity index (χ3n) is 4.07. The van der Waals surface area contributed by atoms with Gasteiger partial charge in [-0.2, -0.15) is 0 Å². The molecule has 108 valence electrons. The van der Waals surface area contributed by atoms with Gasteiger partial charge in [0.2, 0.25) is 0 Å². The van der Waals surface area contributed by atoms with Crippen molar-refractivity contribution in [2.45, 2.75) is 37.8 Å². The molecule has 1 heterocycles. The van der Waals surface area contributed by atoms with Crippen LogP contribution in [0.5, 0.6) is 5.75 Å². The zero-order valence-corrected chi connectivity index (χ0v) is 11.8. The van der Waals surface area contributed by atoms with Gasteiger partial charge in [-0.25, -0.2) is 0 Å². The second-order valence-electron chi connectivity index (χ2n) is 5.71. The summed E-state index contributed by atoms with van der Waals surface area (Å²) in [6, 6.07) is 10.6. The Kier molecular flexibility index (Phi) is 4.21. The Morgan fingerprint density at radius 1 is 1.15 bits per heavy atom. The van der Waals surface area contributed by atoms with Crippen molar-refractivity contribution in [3.05, 3.63) is 30.3 Å². The topological polar surface area (TPSA) is 41.6 Å². The monoisotopic (exact) mass is 274 g/mol. The quantitative estimate of drug-likeness (QED) is 0.890. The van der Waals surface area contributed by atoms with Crippen molar-refractivity contribution in [3.63, 3.8) is 0 Å². The Labute approximate surface area is 120 Å². The predicted molar refractivity (Wildman–Crippen MR) is 77.7 cm³/mol. The molecule has 0 spiro atoms. The lowest BCUT2D eigenvalue weighted by molar-refractivity contribution is -0.124. The van der Waals surface area contributed by atoms with Gasteiger partial charge in [-0.15, -0.1) is 0 Å². The molecule has 1 aliphatic heterocycles. The molecule has 0 radical (unpaired) electrons. The van der Waals surface area contributed by atoms with Crippen molar-refractivity contribution in [2.75, 3.05) is 19.7 Å². The first-order chi connectivity index (χ1) is 9.81. The van der Waals surface area contributed by atoms with Crippen molar-refractivity contribution >= 4 is 5.91 Å². The molecule has 1 aliphatic carbocycles. The van der Waals surface area contributed by atoms with Crippen LogP contribution in [0, 0.1) is 0 Å². The molecular formula is C16H22N2O2. The van der Waals surface area contributed by atoms with Gasteiger partial charge in [-0.05, 0) is 37.8 Å². The summed E-state index contributed by atoms with van der Waals surface area (Å²) in [5.74, 6) is 0.727. The molecule has 2 fully saturated rings. The summed E-state index contributed by atoms with van der Waals surface area (Å²) in [6.07, 6.45) is 4.85. The van der Waals surface area contributed by atoms with Crippen molar-refractivity contribution in [1.29, 1.82) is 0 Å². The van der Waals surface area contributed by atoms with Gasteiger partial charge >= 0.3 is 0 Å². The maximum atomic E-state index is 11.9. The second-order valence-corrected chi connectivity index (χ2v) is 5.71. The van der Waals surface area contributed by atoms with E-state index in [1.165, 1.54) is 12.8 Å². The fraction of sp³-hybridized carbons (Fsp3) is 0.562. The fourth-order valence-corrected chi connectivity index (χ4v) is 2.78. The third-order valence-corrected chi connectivity index (χ3v) is 4.07. The molecule has 0 aromatic heterocycles. The van der Waals surface area contributed by atoms with E-state index < -0.39 is 0 Å². The molecule has 1 amide bonds. The number of benzene rings is 1. The zero-order valence-electron chi connectivity index (χ0n) is 11.8. The fourth-order valence-electron chi connectivity index (χ4n) is 2.78. The van der Waals surface area contributed by atoms with Gasteiger partial charge in [0.1, 0.15) is 5.75 Å². The van der Waals surface area contributed by atoms with Crippen LogP contribution in [0.4, 0.5) is 0 Å². The van der Waals surface area contributed by atoms with Gasteiger partial charge in [-0.3, -0.25) is 4.79 Å². The molecule has 0 atom stereocenters. The average molecular weight is 274 g/mol. The molecule has 20 heavy (non-hydrogen) atoms. The molecule has 1 saturated heterocycles. The van der Waals surface area contributed by atoms with Gasteiger partial charge in [0.25, 0.3) is 5.91 Å². The van der Waals surface area contributed by atoms with E-state index in [2.05, 4.69) is 10.2 Å². The number of amides is 1.